The zero-order valence-corrected chi connectivity index (χ0v) is 15.4. The van der Waals surface area contributed by atoms with Crippen LogP contribution < -0.4 is 10.6 Å². The summed E-state index contributed by atoms with van der Waals surface area (Å²) in [5.41, 5.74) is 2.02. The Labute approximate surface area is 148 Å². The molecule has 1 heterocycles. The van der Waals surface area contributed by atoms with E-state index < -0.39 is 10.0 Å². The van der Waals surface area contributed by atoms with Crippen molar-refractivity contribution in [2.75, 3.05) is 19.4 Å². The lowest BCUT2D eigenvalue weighted by Gasteiger charge is -2.13. The lowest BCUT2D eigenvalue weighted by Crippen LogP contribution is -2.28. The molecule has 2 aromatic rings. The first-order chi connectivity index (χ1) is 11.3. The van der Waals surface area contributed by atoms with Crippen LogP contribution in [0.2, 0.25) is 0 Å². The summed E-state index contributed by atoms with van der Waals surface area (Å²) < 4.78 is 25.2. The van der Waals surface area contributed by atoms with E-state index in [1.54, 1.807) is 30.5 Å². The molecule has 0 aliphatic heterocycles. The first-order valence-corrected chi connectivity index (χ1v) is 9.13. The standard InChI is InChI=1S/C16H20N4O2S2/c1-12-8-9-17-15(10-12)19-16(23)18-11-13-4-6-14(7-5-13)24(21,22)20(2)3/h4-10H,11H2,1-3H3,(H2,17,18,19,23). The minimum Gasteiger partial charge on any atom is -0.358 e. The van der Waals surface area contributed by atoms with E-state index in [-0.39, 0.29) is 4.90 Å². The molecule has 0 fully saturated rings. The Morgan fingerprint density at radius 1 is 1.21 bits per heavy atom. The fraction of sp³-hybridized carbons (Fsp3) is 0.250. The van der Waals surface area contributed by atoms with Gasteiger partial charge in [0, 0.05) is 26.8 Å². The summed E-state index contributed by atoms with van der Waals surface area (Å²) in [5.74, 6) is 0.680. The second-order valence-electron chi connectivity index (χ2n) is 5.46. The van der Waals surface area contributed by atoms with E-state index in [1.165, 1.54) is 18.4 Å². The molecule has 0 aliphatic rings. The van der Waals surface area contributed by atoms with Crippen molar-refractivity contribution in [3.05, 3.63) is 53.7 Å². The number of anilines is 1. The highest BCUT2D eigenvalue weighted by molar-refractivity contribution is 7.89. The minimum absolute atomic E-state index is 0.265. The zero-order valence-electron chi connectivity index (χ0n) is 13.8. The largest absolute Gasteiger partial charge is 0.358 e. The van der Waals surface area contributed by atoms with Crippen LogP contribution in [0.5, 0.6) is 0 Å². The van der Waals surface area contributed by atoms with Gasteiger partial charge < -0.3 is 10.6 Å². The van der Waals surface area contributed by atoms with Gasteiger partial charge in [0.25, 0.3) is 0 Å². The monoisotopic (exact) mass is 364 g/mol. The zero-order chi connectivity index (χ0) is 17.7. The Morgan fingerprint density at radius 2 is 1.88 bits per heavy atom. The van der Waals surface area contributed by atoms with Crippen molar-refractivity contribution >= 4 is 33.2 Å². The molecule has 0 unspecified atom stereocenters. The summed E-state index contributed by atoms with van der Waals surface area (Å²) in [6.45, 7) is 2.46. The molecule has 2 rings (SSSR count). The average Bonchev–Trinajstić information content (AvgIpc) is 2.53. The molecule has 8 heteroatoms. The number of hydrogen-bond acceptors (Lipinski definition) is 4. The van der Waals surface area contributed by atoms with Crippen molar-refractivity contribution in [3.8, 4) is 0 Å². The molecular formula is C16H20N4O2S2. The molecule has 0 saturated heterocycles. The second-order valence-corrected chi connectivity index (χ2v) is 8.02. The third-order valence-corrected chi connectivity index (χ3v) is 5.39. The molecule has 6 nitrogen and oxygen atoms in total. The van der Waals surface area contributed by atoms with E-state index in [0.29, 0.717) is 17.5 Å². The highest BCUT2D eigenvalue weighted by atomic mass is 32.2. The predicted octanol–water partition coefficient (Wildman–Crippen LogP) is 2.13. The molecule has 0 atom stereocenters. The number of aromatic nitrogens is 1. The number of nitrogens with zero attached hydrogens (tertiary/aromatic N) is 2. The smallest absolute Gasteiger partial charge is 0.242 e. The van der Waals surface area contributed by atoms with Crippen molar-refractivity contribution < 1.29 is 8.42 Å². The number of pyridine rings is 1. The normalized spacial score (nSPS) is 11.3. The van der Waals surface area contributed by atoms with Crippen LogP contribution in [-0.4, -0.2) is 36.9 Å². The van der Waals surface area contributed by atoms with Crippen molar-refractivity contribution in [2.24, 2.45) is 0 Å². The van der Waals surface area contributed by atoms with Crippen molar-refractivity contribution in [1.82, 2.24) is 14.6 Å². The molecule has 1 aromatic carbocycles. The van der Waals surface area contributed by atoms with Gasteiger partial charge in [-0.1, -0.05) is 12.1 Å². The lowest BCUT2D eigenvalue weighted by atomic mass is 10.2. The van der Waals surface area contributed by atoms with Gasteiger partial charge >= 0.3 is 0 Å². The average molecular weight is 364 g/mol. The van der Waals surface area contributed by atoms with Crippen molar-refractivity contribution in [3.63, 3.8) is 0 Å². The predicted molar refractivity (Wildman–Crippen MR) is 99.3 cm³/mol. The van der Waals surface area contributed by atoms with Gasteiger partial charge in [0.15, 0.2) is 5.11 Å². The number of benzene rings is 1. The number of aryl methyl sites for hydroxylation is 1. The maximum Gasteiger partial charge on any atom is 0.242 e. The molecule has 2 N–H and O–H groups in total. The van der Waals surface area contributed by atoms with Gasteiger partial charge in [0.05, 0.1) is 4.90 Å². The summed E-state index contributed by atoms with van der Waals surface area (Å²) in [4.78, 5) is 4.44. The Balaban J connectivity index is 1.94. The molecule has 0 aliphatic carbocycles. The van der Waals surface area contributed by atoms with Crippen LogP contribution in [0.4, 0.5) is 5.82 Å². The molecule has 0 bridgehead atoms. The maximum absolute atomic E-state index is 12.0. The van der Waals surface area contributed by atoms with Gasteiger partial charge in [-0.05, 0) is 54.5 Å². The van der Waals surface area contributed by atoms with Crippen molar-refractivity contribution in [1.29, 1.82) is 0 Å². The van der Waals surface area contributed by atoms with Gasteiger partial charge in [-0.3, -0.25) is 0 Å². The van der Waals surface area contributed by atoms with Crippen LogP contribution in [0.1, 0.15) is 11.1 Å². The number of nitrogens with one attached hydrogen (secondary N) is 2. The van der Waals surface area contributed by atoms with Crippen molar-refractivity contribution in [2.45, 2.75) is 18.4 Å². The van der Waals surface area contributed by atoms with E-state index >= 15 is 0 Å². The summed E-state index contributed by atoms with van der Waals surface area (Å²) in [5, 5.41) is 6.54. The summed E-state index contributed by atoms with van der Waals surface area (Å²) >= 11 is 5.23. The fourth-order valence-electron chi connectivity index (χ4n) is 1.94. The number of thiocarbonyl (C=S) groups is 1. The highest BCUT2D eigenvalue weighted by Crippen LogP contribution is 2.14. The van der Waals surface area contributed by atoms with Gasteiger partial charge in [-0.15, -0.1) is 0 Å². The third-order valence-electron chi connectivity index (χ3n) is 3.31. The Hall–Kier alpha value is -2.03. The van der Waals surface area contributed by atoms with Crippen LogP contribution in [0, 0.1) is 6.92 Å². The SMILES string of the molecule is Cc1ccnc(NC(=S)NCc2ccc(S(=O)(=O)N(C)C)cc2)c1. The highest BCUT2D eigenvalue weighted by Gasteiger charge is 2.16. The van der Waals surface area contributed by atoms with Gasteiger partial charge in [0.2, 0.25) is 10.0 Å². The van der Waals surface area contributed by atoms with E-state index in [0.717, 1.165) is 11.1 Å². The molecule has 0 saturated carbocycles. The Bertz CT molecular complexity index is 818. The van der Waals surface area contributed by atoms with Crippen LogP contribution >= 0.6 is 12.2 Å². The van der Waals surface area contributed by atoms with Gasteiger partial charge in [-0.25, -0.2) is 17.7 Å². The molecular weight excluding hydrogens is 344 g/mol. The summed E-state index contributed by atoms with van der Waals surface area (Å²) in [6, 6.07) is 10.5. The topological polar surface area (TPSA) is 74.3 Å². The Kier molecular flexibility index (Phi) is 5.87. The first-order valence-electron chi connectivity index (χ1n) is 7.28. The van der Waals surface area contributed by atoms with Gasteiger partial charge in [0.1, 0.15) is 5.82 Å². The maximum atomic E-state index is 12.0. The number of rotatable bonds is 5. The molecule has 0 amide bonds. The van der Waals surface area contributed by atoms with Gasteiger partial charge in [-0.2, -0.15) is 0 Å². The molecule has 0 radical (unpaired) electrons. The first kappa shape index (κ1) is 18.3. The van der Waals surface area contributed by atoms with E-state index in [2.05, 4.69) is 15.6 Å². The van der Waals surface area contributed by atoms with E-state index in [9.17, 15) is 8.42 Å². The third kappa shape index (κ3) is 4.73. The molecule has 128 valence electrons. The van der Waals surface area contributed by atoms with Crippen LogP contribution in [0.25, 0.3) is 0 Å². The minimum atomic E-state index is -3.40. The summed E-state index contributed by atoms with van der Waals surface area (Å²) in [6.07, 6.45) is 1.71. The van der Waals surface area contributed by atoms with Crippen LogP contribution in [0.3, 0.4) is 0 Å². The molecule has 1 aromatic heterocycles. The summed E-state index contributed by atoms with van der Waals surface area (Å²) in [7, 11) is -0.387. The molecule has 0 spiro atoms. The Morgan fingerprint density at radius 3 is 2.46 bits per heavy atom. The molecule has 24 heavy (non-hydrogen) atoms. The number of hydrogen-bond donors (Lipinski definition) is 2. The van der Waals surface area contributed by atoms with E-state index in [1.807, 2.05) is 19.1 Å². The second kappa shape index (κ2) is 7.69. The van der Waals surface area contributed by atoms with E-state index in [4.69, 9.17) is 12.2 Å². The lowest BCUT2D eigenvalue weighted by molar-refractivity contribution is 0.520. The fourth-order valence-corrected chi connectivity index (χ4v) is 3.02. The number of sulfonamides is 1. The quantitative estimate of drug-likeness (QED) is 0.792. The van der Waals surface area contributed by atoms with Crippen LogP contribution in [0.15, 0.2) is 47.5 Å². The van der Waals surface area contributed by atoms with Crippen LogP contribution in [-0.2, 0) is 16.6 Å².